The van der Waals surface area contributed by atoms with Crippen molar-refractivity contribution in [1.82, 2.24) is 5.32 Å². The summed E-state index contributed by atoms with van der Waals surface area (Å²) in [5, 5.41) is 12.4. The molecule has 4 heteroatoms. The minimum atomic E-state index is -0.0627. The van der Waals surface area contributed by atoms with Crippen LogP contribution in [0, 0.1) is 16.7 Å². The number of nitrogens with one attached hydrogen (secondary N) is 1. The number of hydrogen-bond donors (Lipinski definition) is 1. The Labute approximate surface area is 113 Å². The van der Waals surface area contributed by atoms with Crippen LogP contribution in [0.2, 0.25) is 0 Å². The third kappa shape index (κ3) is 2.82. The van der Waals surface area contributed by atoms with Crippen molar-refractivity contribution in [2.45, 2.75) is 19.3 Å². The summed E-state index contributed by atoms with van der Waals surface area (Å²) in [6, 6.07) is 8.49. The quantitative estimate of drug-likeness (QED) is 0.819. The molecule has 0 bridgehead atoms. The topological polar surface area (TPSA) is 54.3 Å². The van der Waals surface area contributed by atoms with Crippen LogP contribution in [0.1, 0.15) is 18.4 Å². The van der Waals surface area contributed by atoms with Gasteiger partial charge >= 0.3 is 0 Å². The summed E-state index contributed by atoms with van der Waals surface area (Å²) >= 11 is 0. The van der Waals surface area contributed by atoms with E-state index in [4.69, 9.17) is 14.7 Å². The Morgan fingerprint density at radius 2 is 2.00 bits per heavy atom. The third-order valence-electron chi connectivity index (χ3n) is 3.75. The molecule has 1 N–H and O–H groups in total. The van der Waals surface area contributed by atoms with E-state index in [-0.39, 0.29) is 5.41 Å². The van der Waals surface area contributed by atoms with Crippen molar-refractivity contribution in [3.8, 4) is 17.6 Å². The molecule has 1 fully saturated rings. The van der Waals surface area contributed by atoms with Crippen molar-refractivity contribution < 1.29 is 9.47 Å². The van der Waals surface area contributed by atoms with Crippen molar-refractivity contribution in [3.05, 3.63) is 23.8 Å². The van der Waals surface area contributed by atoms with Gasteiger partial charge in [0.05, 0.1) is 11.5 Å². The lowest BCUT2D eigenvalue weighted by atomic mass is 10.1. The lowest BCUT2D eigenvalue weighted by Gasteiger charge is -2.19. The Morgan fingerprint density at radius 1 is 1.21 bits per heavy atom. The van der Waals surface area contributed by atoms with E-state index in [0.717, 1.165) is 43.9 Å². The Hall–Kier alpha value is -1.73. The molecule has 0 spiro atoms. The number of hydrogen-bond acceptors (Lipinski definition) is 4. The molecule has 4 nitrogen and oxygen atoms in total. The molecule has 0 aromatic heterocycles. The van der Waals surface area contributed by atoms with Gasteiger partial charge in [0.1, 0.15) is 13.2 Å². The maximum Gasteiger partial charge on any atom is 0.161 e. The molecule has 0 radical (unpaired) electrons. The maximum absolute atomic E-state index is 8.98. The summed E-state index contributed by atoms with van der Waals surface area (Å²) < 4.78 is 11.1. The molecular formula is C15H18N2O2. The van der Waals surface area contributed by atoms with E-state index in [2.05, 4.69) is 17.5 Å². The summed E-state index contributed by atoms with van der Waals surface area (Å²) in [4.78, 5) is 0. The van der Waals surface area contributed by atoms with E-state index >= 15 is 0 Å². The molecule has 19 heavy (non-hydrogen) atoms. The second-order valence-corrected chi connectivity index (χ2v) is 5.30. The van der Waals surface area contributed by atoms with Crippen LogP contribution >= 0.6 is 0 Å². The molecule has 1 aromatic carbocycles. The molecule has 3 rings (SSSR count). The maximum atomic E-state index is 8.98. The van der Waals surface area contributed by atoms with E-state index in [1.807, 2.05) is 12.1 Å². The molecule has 100 valence electrons. The van der Waals surface area contributed by atoms with Crippen LogP contribution in [0.3, 0.4) is 0 Å². The van der Waals surface area contributed by atoms with Crippen molar-refractivity contribution in [1.29, 1.82) is 5.26 Å². The Morgan fingerprint density at radius 3 is 2.74 bits per heavy atom. The van der Waals surface area contributed by atoms with E-state index in [1.54, 1.807) is 0 Å². The molecule has 0 unspecified atom stereocenters. The highest BCUT2D eigenvalue weighted by Gasteiger charge is 2.42. The van der Waals surface area contributed by atoms with Crippen molar-refractivity contribution >= 4 is 0 Å². The lowest BCUT2D eigenvalue weighted by Crippen LogP contribution is -2.25. The standard InChI is InChI=1S/C15H18N2O2/c16-10-15(4-5-15)11-17-6-3-12-1-2-13-14(9-12)19-8-7-18-13/h1-2,9,17H,3-8,11H2. The van der Waals surface area contributed by atoms with Crippen LogP contribution in [-0.4, -0.2) is 26.3 Å². The number of nitriles is 1. The van der Waals surface area contributed by atoms with Gasteiger partial charge in [-0.2, -0.15) is 5.26 Å². The molecule has 2 aliphatic rings. The smallest absolute Gasteiger partial charge is 0.161 e. The molecule has 0 saturated heterocycles. The molecular weight excluding hydrogens is 240 g/mol. The van der Waals surface area contributed by atoms with Gasteiger partial charge in [0.25, 0.3) is 0 Å². The summed E-state index contributed by atoms with van der Waals surface area (Å²) in [5.74, 6) is 1.68. The zero-order valence-electron chi connectivity index (χ0n) is 10.9. The Balaban J connectivity index is 1.49. The van der Waals surface area contributed by atoms with Crippen LogP contribution in [0.25, 0.3) is 0 Å². The summed E-state index contributed by atoms with van der Waals surface area (Å²) in [5.41, 5.74) is 1.17. The molecule has 1 aliphatic heterocycles. The zero-order valence-corrected chi connectivity index (χ0v) is 10.9. The lowest BCUT2D eigenvalue weighted by molar-refractivity contribution is 0.171. The Kier molecular flexibility index (Phi) is 3.31. The van der Waals surface area contributed by atoms with Gasteiger partial charge in [0.15, 0.2) is 11.5 Å². The molecule has 1 aromatic rings. The van der Waals surface area contributed by atoms with Crippen LogP contribution in [-0.2, 0) is 6.42 Å². The first-order chi connectivity index (χ1) is 9.31. The first kappa shape index (κ1) is 12.3. The molecule has 0 amide bonds. The zero-order chi connectivity index (χ0) is 13.1. The SMILES string of the molecule is N#CC1(CNCCc2ccc3c(c2)OCCO3)CC1. The summed E-state index contributed by atoms with van der Waals surface area (Å²) in [7, 11) is 0. The van der Waals surface area contributed by atoms with Gasteiger partial charge in [-0.25, -0.2) is 0 Å². The van der Waals surface area contributed by atoms with E-state index in [0.29, 0.717) is 13.2 Å². The van der Waals surface area contributed by atoms with E-state index in [9.17, 15) is 0 Å². The van der Waals surface area contributed by atoms with Crippen LogP contribution in [0.5, 0.6) is 11.5 Å². The molecule has 1 aliphatic carbocycles. The van der Waals surface area contributed by atoms with Crippen molar-refractivity contribution in [2.24, 2.45) is 5.41 Å². The highest BCUT2D eigenvalue weighted by atomic mass is 16.6. The number of rotatable bonds is 5. The summed E-state index contributed by atoms with van der Waals surface area (Å²) in [6.07, 6.45) is 3.03. The average molecular weight is 258 g/mol. The number of benzene rings is 1. The van der Waals surface area contributed by atoms with Crippen LogP contribution < -0.4 is 14.8 Å². The van der Waals surface area contributed by atoms with Gasteiger partial charge in [-0.05, 0) is 43.5 Å². The fourth-order valence-corrected chi connectivity index (χ4v) is 2.28. The van der Waals surface area contributed by atoms with Gasteiger partial charge in [-0.15, -0.1) is 0 Å². The second kappa shape index (κ2) is 5.10. The first-order valence-electron chi connectivity index (χ1n) is 6.82. The van der Waals surface area contributed by atoms with Gasteiger partial charge in [-0.1, -0.05) is 6.07 Å². The predicted octanol–water partition coefficient (Wildman–Crippen LogP) is 1.89. The van der Waals surface area contributed by atoms with Crippen LogP contribution in [0.15, 0.2) is 18.2 Å². The number of ether oxygens (including phenoxy) is 2. The third-order valence-corrected chi connectivity index (χ3v) is 3.75. The Bertz CT molecular complexity index is 503. The second-order valence-electron chi connectivity index (χ2n) is 5.30. The van der Waals surface area contributed by atoms with Gasteiger partial charge in [0, 0.05) is 6.54 Å². The minimum absolute atomic E-state index is 0.0627. The normalized spacial score (nSPS) is 18.7. The highest BCUT2D eigenvalue weighted by Crippen LogP contribution is 2.43. The average Bonchev–Trinajstić information content (AvgIpc) is 3.24. The van der Waals surface area contributed by atoms with E-state index < -0.39 is 0 Å². The largest absolute Gasteiger partial charge is 0.486 e. The van der Waals surface area contributed by atoms with Gasteiger partial charge < -0.3 is 14.8 Å². The van der Waals surface area contributed by atoms with Gasteiger partial charge in [-0.3, -0.25) is 0 Å². The number of nitrogens with zero attached hydrogens (tertiary/aromatic N) is 1. The fourth-order valence-electron chi connectivity index (χ4n) is 2.28. The molecule has 1 heterocycles. The predicted molar refractivity (Wildman–Crippen MR) is 71.3 cm³/mol. The van der Waals surface area contributed by atoms with Crippen molar-refractivity contribution in [3.63, 3.8) is 0 Å². The summed E-state index contributed by atoms with van der Waals surface area (Å²) in [6.45, 7) is 2.96. The fraction of sp³-hybridized carbons (Fsp3) is 0.533. The first-order valence-corrected chi connectivity index (χ1v) is 6.82. The molecule has 1 saturated carbocycles. The molecule has 0 atom stereocenters. The minimum Gasteiger partial charge on any atom is -0.486 e. The van der Waals surface area contributed by atoms with E-state index in [1.165, 1.54) is 5.56 Å². The monoisotopic (exact) mass is 258 g/mol. The number of fused-ring (bicyclic) bond motifs is 1. The highest BCUT2D eigenvalue weighted by molar-refractivity contribution is 5.43. The van der Waals surface area contributed by atoms with Gasteiger partial charge in [0.2, 0.25) is 0 Å². The van der Waals surface area contributed by atoms with Crippen LogP contribution in [0.4, 0.5) is 0 Å². The van der Waals surface area contributed by atoms with Crippen molar-refractivity contribution in [2.75, 3.05) is 26.3 Å².